The van der Waals surface area contributed by atoms with Crippen LogP contribution in [0.4, 0.5) is 4.39 Å². The van der Waals surface area contributed by atoms with Gasteiger partial charge in [-0.25, -0.2) is 12.8 Å². The maximum Gasteiger partial charge on any atom is 0.322 e. The fourth-order valence-electron chi connectivity index (χ4n) is 2.95. The van der Waals surface area contributed by atoms with Crippen molar-refractivity contribution in [2.75, 3.05) is 0 Å². The van der Waals surface area contributed by atoms with Crippen molar-refractivity contribution >= 4 is 27.6 Å². The van der Waals surface area contributed by atoms with Crippen molar-refractivity contribution in [3.05, 3.63) is 63.4 Å². The molecule has 2 atom stereocenters. The first-order valence-electron chi connectivity index (χ1n) is 8.20. The molecule has 0 radical (unpaired) electrons. The molecule has 0 aliphatic rings. The quantitative estimate of drug-likeness (QED) is 0.737. The summed E-state index contributed by atoms with van der Waals surface area (Å²) in [6, 6.07) is 6.41. The molecule has 0 aliphatic heterocycles. The number of nitriles is 1. The van der Waals surface area contributed by atoms with Crippen molar-refractivity contribution in [1.29, 1.82) is 5.26 Å². The third-order valence-corrected chi connectivity index (χ3v) is 6.32. The first kappa shape index (κ1) is 21.8. The fraction of sp³-hybridized carbons (Fsp3) is 0.263. The fourth-order valence-corrected chi connectivity index (χ4v) is 4.53. The van der Waals surface area contributed by atoms with Crippen LogP contribution in [-0.4, -0.2) is 25.5 Å². The summed E-state index contributed by atoms with van der Waals surface area (Å²) in [5, 5.41) is 18.9. The summed E-state index contributed by atoms with van der Waals surface area (Å²) in [4.78, 5) is 11.4. The molecule has 28 heavy (non-hydrogen) atoms. The van der Waals surface area contributed by atoms with Crippen molar-refractivity contribution in [3.8, 4) is 6.07 Å². The van der Waals surface area contributed by atoms with Crippen molar-refractivity contribution in [2.24, 2.45) is 0 Å². The van der Waals surface area contributed by atoms with Gasteiger partial charge in [-0.1, -0.05) is 24.6 Å². The van der Waals surface area contributed by atoms with Gasteiger partial charge in [-0.05, 0) is 54.8 Å². The Balaban J connectivity index is 2.51. The molecule has 2 N–H and O–H groups in total. The molecule has 0 amide bonds. The molecule has 0 heterocycles. The molecule has 0 aromatic heterocycles. The summed E-state index contributed by atoms with van der Waals surface area (Å²) in [5.41, 5.74) is 1.18. The largest absolute Gasteiger partial charge is 0.480 e. The minimum absolute atomic E-state index is 0.117. The van der Waals surface area contributed by atoms with Crippen LogP contribution in [0.25, 0.3) is 0 Å². The Hall–Kier alpha value is -2.47. The number of carbonyl (C=O) groups is 1. The number of hydrogen-bond donors (Lipinski definition) is 2. The lowest BCUT2D eigenvalue weighted by atomic mass is 9.88. The summed E-state index contributed by atoms with van der Waals surface area (Å²) in [6.07, 6.45) is 0. The molecular formula is C19H18ClFN2O4S. The van der Waals surface area contributed by atoms with Gasteiger partial charge in [-0.15, -0.1) is 0 Å². The Labute approximate surface area is 167 Å². The number of aryl methyl sites for hydroxylation is 1. The van der Waals surface area contributed by atoms with Crippen molar-refractivity contribution in [1.82, 2.24) is 4.72 Å². The maximum absolute atomic E-state index is 14.4. The van der Waals surface area contributed by atoms with Crippen LogP contribution in [0.1, 0.15) is 35.1 Å². The lowest BCUT2D eigenvalue weighted by Gasteiger charge is -2.24. The predicted octanol–water partition coefficient (Wildman–Crippen LogP) is 3.50. The predicted molar refractivity (Wildman–Crippen MR) is 102 cm³/mol. The van der Waals surface area contributed by atoms with Crippen molar-refractivity contribution in [3.63, 3.8) is 0 Å². The second-order valence-corrected chi connectivity index (χ2v) is 8.50. The third kappa shape index (κ3) is 4.33. The first-order chi connectivity index (χ1) is 13.0. The molecule has 0 aliphatic carbocycles. The van der Waals surface area contributed by atoms with E-state index < -0.39 is 38.7 Å². The minimum atomic E-state index is -4.39. The Morgan fingerprint density at radius 2 is 1.93 bits per heavy atom. The molecule has 2 aromatic carbocycles. The van der Waals surface area contributed by atoms with Gasteiger partial charge in [-0.2, -0.15) is 9.98 Å². The van der Waals surface area contributed by atoms with E-state index in [9.17, 15) is 28.0 Å². The highest BCUT2D eigenvalue weighted by Crippen LogP contribution is 2.29. The van der Waals surface area contributed by atoms with Gasteiger partial charge in [0.25, 0.3) is 0 Å². The van der Waals surface area contributed by atoms with E-state index in [4.69, 9.17) is 11.6 Å². The van der Waals surface area contributed by atoms with Gasteiger partial charge in [0.2, 0.25) is 10.0 Å². The molecule has 9 heteroatoms. The van der Waals surface area contributed by atoms with Gasteiger partial charge in [0.05, 0.1) is 10.5 Å². The van der Waals surface area contributed by atoms with Crippen LogP contribution < -0.4 is 4.72 Å². The van der Waals surface area contributed by atoms with E-state index >= 15 is 0 Å². The smallest absolute Gasteiger partial charge is 0.322 e. The molecule has 0 bridgehead atoms. The average molecular weight is 425 g/mol. The molecule has 0 fully saturated rings. The highest BCUT2D eigenvalue weighted by atomic mass is 35.5. The number of nitrogens with zero attached hydrogens (tertiary/aromatic N) is 1. The number of hydrogen-bond acceptors (Lipinski definition) is 4. The summed E-state index contributed by atoms with van der Waals surface area (Å²) in [5.74, 6) is -3.10. The van der Waals surface area contributed by atoms with Gasteiger partial charge in [0, 0.05) is 10.9 Å². The van der Waals surface area contributed by atoms with Crippen molar-refractivity contribution in [2.45, 2.75) is 37.6 Å². The van der Waals surface area contributed by atoms with E-state index in [1.54, 1.807) is 26.0 Å². The van der Waals surface area contributed by atoms with E-state index in [1.165, 1.54) is 25.1 Å². The molecule has 2 rings (SSSR count). The lowest BCUT2D eigenvalue weighted by molar-refractivity contribution is -0.139. The SMILES string of the molecule is Cc1ccc(F)c([C@@H](C)[C@H](NS(=O)(=O)c2ccc(Cl)cc2C#N)C(=O)O)c1C. The van der Waals surface area contributed by atoms with E-state index in [0.29, 0.717) is 5.56 Å². The zero-order valence-corrected chi connectivity index (χ0v) is 16.9. The summed E-state index contributed by atoms with van der Waals surface area (Å²) >= 11 is 5.78. The average Bonchev–Trinajstić information content (AvgIpc) is 2.62. The van der Waals surface area contributed by atoms with Crippen LogP contribution in [0.3, 0.4) is 0 Å². The molecule has 148 valence electrons. The number of sulfonamides is 1. The highest BCUT2D eigenvalue weighted by molar-refractivity contribution is 7.89. The van der Waals surface area contributed by atoms with Crippen LogP contribution in [0, 0.1) is 31.0 Å². The number of aliphatic carboxylic acids is 1. The number of carboxylic acids is 1. The van der Waals surface area contributed by atoms with Gasteiger partial charge >= 0.3 is 5.97 Å². The number of nitrogens with one attached hydrogen (secondary N) is 1. The summed E-state index contributed by atoms with van der Waals surface area (Å²) in [6.45, 7) is 4.82. The van der Waals surface area contributed by atoms with Crippen LogP contribution in [0.15, 0.2) is 35.2 Å². The molecule has 0 saturated heterocycles. The van der Waals surface area contributed by atoms with E-state index in [2.05, 4.69) is 4.72 Å². The monoisotopic (exact) mass is 424 g/mol. The van der Waals surface area contributed by atoms with Gasteiger partial charge in [0.15, 0.2) is 0 Å². The normalized spacial score (nSPS) is 13.6. The maximum atomic E-state index is 14.4. The molecule has 0 spiro atoms. The topological polar surface area (TPSA) is 107 Å². The van der Waals surface area contributed by atoms with Crippen LogP contribution in [0.2, 0.25) is 5.02 Å². The first-order valence-corrected chi connectivity index (χ1v) is 10.1. The van der Waals surface area contributed by atoms with Gasteiger partial charge in [-0.3, -0.25) is 4.79 Å². The number of carboxylic acid groups (broad SMARTS) is 1. The number of rotatable bonds is 6. The summed E-state index contributed by atoms with van der Waals surface area (Å²) < 4.78 is 42.0. The number of benzene rings is 2. The molecule has 2 aromatic rings. The Morgan fingerprint density at radius 3 is 2.50 bits per heavy atom. The van der Waals surface area contributed by atoms with Crippen molar-refractivity contribution < 1.29 is 22.7 Å². The van der Waals surface area contributed by atoms with Crippen LogP contribution >= 0.6 is 11.6 Å². The van der Waals surface area contributed by atoms with Gasteiger partial charge in [0.1, 0.15) is 17.9 Å². The highest BCUT2D eigenvalue weighted by Gasteiger charge is 2.34. The minimum Gasteiger partial charge on any atom is -0.480 e. The van der Waals surface area contributed by atoms with E-state index in [-0.39, 0.29) is 16.1 Å². The Kier molecular flexibility index (Phi) is 6.44. The van der Waals surface area contributed by atoms with Gasteiger partial charge < -0.3 is 5.11 Å². The zero-order chi connectivity index (χ0) is 21.2. The molecule has 0 unspecified atom stereocenters. The second kappa shape index (κ2) is 8.27. The standard InChI is InChI=1S/C19H18ClFN2O4S/c1-10-4-6-15(21)17(11(10)2)12(3)18(19(24)25)23-28(26,27)16-7-5-14(20)8-13(16)9-22/h4-8,12,18,23H,1-3H3,(H,24,25)/t12-,18+/m1/s1. The summed E-state index contributed by atoms with van der Waals surface area (Å²) in [7, 11) is -4.39. The Bertz CT molecular complexity index is 1080. The van der Waals surface area contributed by atoms with Crippen LogP contribution in [-0.2, 0) is 14.8 Å². The second-order valence-electron chi connectivity index (χ2n) is 6.38. The molecule has 0 saturated carbocycles. The zero-order valence-electron chi connectivity index (χ0n) is 15.3. The third-order valence-electron chi connectivity index (χ3n) is 4.59. The van der Waals surface area contributed by atoms with E-state index in [1.807, 2.05) is 0 Å². The van der Waals surface area contributed by atoms with E-state index in [0.717, 1.165) is 11.6 Å². The number of halogens is 2. The molecule has 6 nitrogen and oxygen atoms in total. The van der Waals surface area contributed by atoms with Crippen LogP contribution in [0.5, 0.6) is 0 Å². The Morgan fingerprint density at radius 1 is 1.29 bits per heavy atom. The lowest BCUT2D eigenvalue weighted by Crippen LogP contribution is -2.44. The molecular weight excluding hydrogens is 407 g/mol.